The van der Waals surface area contributed by atoms with Crippen LogP contribution in [0.25, 0.3) is 0 Å². The molecule has 4 rings (SSSR count). The van der Waals surface area contributed by atoms with E-state index in [1.165, 1.54) is 16.7 Å². The average Bonchev–Trinajstić information content (AvgIpc) is 3.23. The lowest BCUT2D eigenvalue weighted by atomic mass is 10.1. The molecule has 0 amide bonds. The summed E-state index contributed by atoms with van der Waals surface area (Å²) in [6.45, 7) is 6.48. The second-order valence-electron chi connectivity index (χ2n) is 8.07. The fourth-order valence-corrected chi connectivity index (χ4v) is 3.96. The summed E-state index contributed by atoms with van der Waals surface area (Å²) >= 11 is 0. The Kier molecular flexibility index (Phi) is 10.1. The molecule has 1 fully saturated rings. The summed E-state index contributed by atoms with van der Waals surface area (Å²) in [6.07, 6.45) is 3.34. The fourth-order valence-electron chi connectivity index (χ4n) is 3.96. The van der Waals surface area contributed by atoms with Crippen LogP contribution in [0.1, 0.15) is 36.5 Å². The first-order chi connectivity index (χ1) is 15.3. The Morgan fingerprint density at radius 3 is 2.69 bits per heavy atom. The number of nitrogens with one attached hydrogen (secondary N) is 2. The van der Waals surface area contributed by atoms with Crippen molar-refractivity contribution >= 4 is 29.9 Å². The van der Waals surface area contributed by atoms with E-state index >= 15 is 0 Å². The Balaban J connectivity index is 0.00000289. The Bertz CT molecular complexity index is 846. The van der Waals surface area contributed by atoms with Crippen molar-refractivity contribution in [1.82, 2.24) is 10.6 Å². The predicted molar refractivity (Wildman–Crippen MR) is 138 cm³/mol. The zero-order valence-corrected chi connectivity index (χ0v) is 21.0. The lowest BCUT2D eigenvalue weighted by Crippen LogP contribution is -2.42. The molecule has 0 spiro atoms. The number of ether oxygens (including phenoxy) is 3. The Hall–Kier alpha value is -1.84. The van der Waals surface area contributed by atoms with Gasteiger partial charge in [-0.15, -0.1) is 24.0 Å². The summed E-state index contributed by atoms with van der Waals surface area (Å²) in [5, 5.41) is 6.76. The fraction of sp³-hybridized carbons (Fsp3) is 0.480. The number of rotatable bonds is 8. The number of halogens is 1. The molecule has 2 aromatic rings. The molecule has 2 aliphatic rings. The van der Waals surface area contributed by atoms with Crippen molar-refractivity contribution in [2.24, 2.45) is 4.99 Å². The van der Waals surface area contributed by atoms with E-state index in [1.807, 2.05) is 12.1 Å². The van der Waals surface area contributed by atoms with Gasteiger partial charge in [0, 0.05) is 26.2 Å². The maximum Gasteiger partial charge on any atom is 0.191 e. The van der Waals surface area contributed by atoms with E-state index in [2.05, 4.69) is 54.0 Å². The highest BCUT2D eigenvalue weighted by Crippen LogP contribution is 2.27. The first kappa shape index (κ1) is 24.8. The quantitative estimate of drug-likeness (QED) is 0.295. The Morgan fingerprint density at radius 1 is 1.06 bits per heavy atom. The standard InChI is InChI=1S/C25H33N3O3.HI/c1-2-26-25(28-17-23-15-21-8-3-4-9-24(21)31-23)27-16-19-6-5-7-20(14-19)18-30-22-10-12-29-13-11-22;/h3-9,14,22-23H,2,10-13,15-18H2,1H3,(H2,26,27,28);1H. The van der Waals surface area contributed by atoms with Gasteiger partial charge in [-0.05, 0) is 42.5 Å². The van der Waals surface area contributed by atoms with Gasteiger partial charge in [-0.25, -0.2) is 4.99 Å². The van der Waals surface area contributed by atoms with Gasteiger partial charge in [0.05, 0.1) is 25.8 Å². The van der Waals surface area contributed by atoms with Crippen molar-refractivity contribution < 1.29 is 14.2 Å². The molecule has 2 heterocycles. The molecule has 0 radical (unpaired) electrons. The van der Waals surface area contributed by atoms with Crippen LogP contribution in [0.4, 0.5) is 0 Å². The topological polar surface area (TPSA) is 64.1 Å². The number of fused-ring (bicyclic) bond motifs is 1. The van der Waals surface area contributed by atoms with Crippen LogP contribution in [0.3, 0.4) is 0 Å². The highest BCUT2D eigenvalue weighted by atomic mass is 127. The van der Waals surface area contributed by atoms with Gasteiger partial charge in [-0.2, -0.15) is 0 Å². The normalized spacial score (nSPS) is 18.4. The third kappa shape index (κ3) is 7.35. The first-order valence-electron chi connectivity index (χ1n) is 11.3. The monoisotopic (exact) mass is 551 g/mol. The van der Waals surface area contributed by atoms with Crippen molar-refractivity contribution in [3.8, 4) is 5.75 Å². The van der Waals surface area contributed by atoms with Crippen molar-refractivity contribution in [3.05, 3.63) is 65.2 Å². The van der Waals surface area contributed by atoms with Gasteiger partial charge < -0.3 is 24.8 Å². The molecule has 7 heteroatoms. The first-order valence-corrected chi connectivity index (χ1v) is 11.3. The number of guanidine groups is 1. The van der Waals surface area contributed by atoms with Gasteiger partial charge in [0.2, 0.25) is 0 Å². The molecule has 6 nitrogen and oxygen atoms in total. The van der Waals surface area contributed by atoms with Gasteiger partial charge in [-0.1, -0.05) is 42.5 Å². The maximum absolute atomic E-state index is 6.06. The van der Waals surface area contributed by atoms with E-state index in [9.17, 15) is 0 Å². The van der Waals surface area contributed by atoms with Crippen molar-refractivity contribution in [2.75, 3.05) is 26.3 Å². The summed E-state index contributed by atoms with van der Waals surface area (Å²) < 4.78 is 17.5. The van der Waals surface area contributed by atoms with Crippen LogP contribution in [-0.4, -0.2) is 44.5 Å². The van der Waals surface area contributed by atoms with Crippen LogP contribution in [0.15, 0.2) is 53.5 Å². The molecule has 2 aromatic carbocycles. The smallest absolute Gasteiger partial charge is 0.191 e. The van der Waals surface area contributed by atoms with Crippen LogP contribution in [0, 0.1) is 0 Å². The second-order valence-corrected chi connectivity index (χ2v) is 8.07. The van der Waals surface area contributed by atoms with E-state index in [0.717, 1.165) is 57.3 Å². The molecule has 0 bridgehead atoms. The largest absolute Gasteiger partial charge is 0.488 e. The number of para-hydroxylation sites is 1. The van der Waals surface area contributed by atoms with Gasteiger partial charge >= 0.3 is 0 Å². The molecule has 1 saturated heterocycles. The summed E-state index contributed by atoms with van der Waals surface area (Å²) in [6, 6.07) is 16.7. The molecule has 2 N–H and O–H groups in total. The van der Waals surface area contributed by atoms with Crippen LogP contribution in [-0.2, 0) is 29.0 Å². The van der Waals surface area contributed by atoms with E-state index in [4.69, 9.17) is 19.2 Å². The summed E-state index contributed by atoms with van der Waals surface area (Å²) in [7, 11) is 0. The molecule has 32 heavy (non-hydrogen) atoms. The Morgan fingerprint density at radius 2 is 1.88 bits per heavy atom. The van der Waals surface area contributed by atoms with Gasteiger partial charge in [-0.3, -0.25) is 0 Å². The van der Waals surface area contributed by atoms with Crippen molar-refractivity contribution in [1.29, 1.82) is 0 Å². The lowest BCUT2D eigenvalue weighted by molar-refractivity contribution is -0.0390. The van der Waals surface area contributed by atoms with Gasteiger partial charge in [0.25, 0.3) is 0 Å². The highest BCUT2D eigenvalue weighted by molar-refractivity contribution is 14.0. The molecule has 2 aliphatic heterocycles. The molecule has 1 atom stereocenters. The molecule has 1 unspecified atom stereocenters. The van der Waals surface area contributed by atoms with E-state index in [0.29, 0.717) is 19.3 Å². The Labute approximate surface area is 208 Å². The maximum atomic E-state index is 6.06. The predicted octanol–water partition coefficient (Wildman–Crippen LogP) is 4.06. The van der Waals surface area contributed by atoms with Crippen molar-refractivity contribution in [2.45, 2.75) is 51.5 Å². The number of aliphatic imine (C=N–C) groups is 1. The number of hydrogen-bond acceptors (Lipinski definition) is 4. The van der Waals surface area contributed by atoms with Gasteiger partial charge in [0.15, 0.2) is 5.96 Å². The molecule has 174 valence electrons. The van der Waals surface area contributed by atoms with Crippen LogP contribution >= 0.6 is 24.0 Å². The number of benzene rings is 2. The second kappa shape index (κ2) is 13.0. The lowest BCUT2D eigenvalue weighted by Gasteiger charge is -2.22. The SMILES string of the molecule is CCNC(=NCc1cccc(COC2CCOCC2)c1)NCC1Cc2ccccc2O1.I. The summed E-state index contributed by atoms with van der Waals surface area (Å²) in [4.78, 5) is 4.77. The minimum Gasteiger partial charge on any atom is -0.488 e. The molecular formula is C25H34IN3O3. The molecule has 0 saturated carbocycles. The third-order valence-electron chi connectivity index (χ3n) is 5.62. The van der Waals surface area contributed by atoms with Crippen LogP contribution in [0.5, 0.6) is 5.75 Å². The summed E-state index contributed by atoms with van der Waals surface area (Å²) in [5.41, 5.74) is 3.64. The average molecular weight is 551 g/mol. The summed E-state index contributed by atoms with van der Waals surface area (Å²) in [5.74, 6) is 1.81. The van der Waals surface area contributed by atoms with E-state index < -0.39 is 0 Å². The third-order valence-corrected chi connectivity index (χ3v) is 5.62. The highest BCUT2D eigenvalue weighted by Gasteiger charge is 2.22. The van der Waals surface area contributed by atoms with Gasteiger partial charge in [0.1, 0.15) is 11.9 Å². The van der Waals surface area contributed by atoms with E-state index in [-0.39, 0.29) is 30.1 Å². The minimum absolute atomic E-state index is 0. The molecule has 0 aromatic heterocycles. The zero-order chi connectivity index (χ0) is 21.3. The number of nitrogens with zero attached hydrogens (tertiary/aromatic N) is 1. The molecule has 0 aliphatic carbocycles. The van der Waals surface area contributed by atoms with Crippen molar-refractivity contribution in [3.63, 3.8) is 0 Å². The van der Waals surface area contributed by atoms with Crippen LogP contribution in [0.2, 0.25) is 0 Å². The van der Waals surface area contributed by atoms with Crippen LogP contribution < -0.4 is 15.4 Å². The minimum atomic E-state index is 0. The molecular weight excluding hydrogens is 517 g/mol. The zero-order valence-electron chi connectivity index (χ0n) is 18.7. The number of hydrogen-bond donors (Lipinski definition) is 2. The van der Waals surface area contributed by atoms with E-state index in [1.54, 1.807) is 0 Å².